The van der Waals surface area contributed by atoms with Gasteiger partial charge < -0.3 is 10.1 Å². The third-order valence-corrected chi connectivity index (χ3v) is 1.56. The van der Waals surface area contributed by atoms with Gasteiger partial charge in [-0.05, 0) is 26.8 Å². The second-order valence-corrected chi connectivity index (χ2v) is 2.77. The van der Waals surface area contributed by atoms with Gasteiger partial charge in [-0.2, -0.15) is 5.26 Å². The number of hydrogen-bond acceptors (Lipinski definition) is 3. The molecule has 12 heavy (non-hydrogen) atoms. The van der Waals surface area contributed by atoms with E-state index in [-0.39, 0.29) is 0 Å². The summed E-state index contributed by atoms with van der Waals surface area (Å²) < 4.78 is 5.17. The molecule has 0 rings (SSSR count). The standard InChI is InChI=1S/C9H18N2O/c1-3-12-8-4-7-11-9(2)5-6-10/h9,11H,3-5,7-8H2,1-2H3. The van der Waals surface area contributed by atoms with Crippen LogP contribution in [0.4, 0.5) is 0 Å². The predicted molar refractivity (Wildman–Crippen MR) is 48.8 cm³/mol. The zero-order valence-electron chi connectivity index (χ0n) is 7.97. The predicted octanol–water partition coefficient (Wildman–Crippen LogP) is 1.30. The van der Waals surface area contributed by atoms with Crippen LogP contribution >= 0.6 is 0 Å². The maximum Gasteiger partial charge on any atom is 0.0638 e. The Hall–Kier alpha value is -0.590. The summed E-state index contributed by atoms with van der Waals surface area (Å²) in [5, 5.41) is 11.6. The number of ether oxygens (including phenoxy) is 1. The van der Waals surface area contributed by atoms with E-state index in [4.69, 9.17) is 10.00 Å². The van der Waals surface area contributed by atoms with E-state index < -0.39 is 0 Å². The first-order valence-corrected chi connectivity index (χ1v) is 4.49. The summed E-state index contributed by atoms with van der Waals surface area (Å²) in [7, 11) is 0. The van der Waals surface area contributed by atoms with E-state index in [2.05, 4.69) is 11.4 Å². The van der Waals surface area contributed by atoms with Crippen molar-refractivity contribution in [1.82, 2.24) is 5.32 Å². The van der Waals surface area contributed by atoms with Crippen molar-refractivity contribution >= 4 is 0 Å². The molecule has 0 bridgehead atoms. The highest BCUT2D eigenvalue weighted by molar-refractivity contribution is 4.76. The van der Waals surface area contributed by atoms with Crippen molar-refractivity contribution in [3.05, 3.63) is 0 Å². The van der Waals surface area contributed by atoms with Crippen LogP contribution in [0.15, 0.2) is 0 Å². The van der Waals surface area contributed by atoms with Crippen LogP contribution in [0.1, 0.15) is 26.7 Å². The molecule has 1 unspecified atom stereocenters. The third kappa shape index (κ3) is 7.52. The highest BCUT2D eigenvalue weighted by Crippen LogP contribution is 1.88. The van der Waals surface area contributed by atoms with Crippen LogP contribution in [0, 0.1) is 11.3 Å². The molecule has 0 saturated carbocycles. The molecule has 0 aliphatic rings. The van der Waals surface area contributed by atoms with Gasteiger partial charge in [0, 0.05) is 19.3 Å². The number of rotatable bonds is 7. The van der Waals surface area contributed by atoms with Crippen molar-refractivity contribution in [2.45, 2.75) is 32.7 Å². The van der Waals surface area contributed by atoms with Gasteiger partial charge in [0.25, 0.3) is 0 Å². The molecule has 0 aliphatic carbocycles. The van der Waals surface area contributed by atoms with Crippen molar-refractivity contribution in [3.63, 3.8) is 0 Å². The normalized spacial score (nSPS) is 12.4. The summed E-state index contributed by atoms with van der Waals surface area (Å²) in [6.07, 6.45) is 1.60. The Morgan fingerprint density at radius 1 is 1.58 bits per heavy atom. The van der Waals surface area contributed by atoms with Gasteiger partial charge in [-0.15, -0.1) is 0 Å². The molecule has 3 nitrogen and oxygen atoms in total. The minimum Gasteiger partial charge on any atom is -0.382 e. The lowest BCUT2D eigenvalue weighted by Crippen LogP contribution is -2.27. The summed E-state index contributed by atoms with van der Waals surface area (Å²) in [5.41, 5.74) is 0. The van der Waals surface area contributed by atoms with Gasteiger partial charge in [0.05, 0.1) is 12.5 Å². The molecule has 0 aromatic rings. The highest BCUT2D eigenvalue weighted by atomic mass is 16.5. The molecule has 0 amide bonds. The molecule has 0 aromatic carbocycles. The summed E-state index contributed by atoms with van der Waals surface area (Å²) >= 11 is 0. The fourth-order valence-corrected chi connectivity index (χ4v) is 0.876. The smallest absolute Gasteiger partial charge is 0.0638 e. The van der Waals surface area contributed by atoms with Crippen molar-refractivity contribution < 1.29 is 4.74 Å². The highest BCUT2D eigenvalue weighted by Gasteiger charge is 1.97. The van der Waals surface area contributed by atoms with E-state index in [0.29, 0.717) is 12.5 Å². The van der Waals surface area contributed by atoms with Gasteiger partial charge in [0.1, 0.15) is 0 Å². The number of nitriles is 1. The first-order chi connectivity index (χ1) is 5.81. The van der Waals surface area contributed by atoms with Gasteiger partial charge in [-0.1, -0.05) is 0 Å². The van der Waals surface area contributed by atoms with Crippen molar-refractivity contribution in [1.29, 1.82) is 5.26 Å². The van der Waals surface area contributed by atoms with Crippen molar-refractivity contribution in [2.24, 2.45) is 0 Å². The van der Waals surface area contributed by atoms with Crippen LogP contribution in [0.3, 0.4) is 0 Å². The van der Waals surface area contributed by atoms with Gasteiger partial charge >= 0.3 is 0 Å². The second-order valence-electron chi connectivity index (χ2n) is 2.77. The Labute approximate surface area is 74.7 Å². The molecule has 0 saturated heterocycles. The Balaban J connectivity index is 3.04. The van der Waals surface area contributed by atoms with E-state index in [9.17, 15) is 0 Å². The molecule has 0 aromatic heterocycles. The lowest BCUT2D eigenvalue weighted by Gasteiger charge is -2.09. The second kappa shape index (κ2) is 8.51. The Bertz CT molecular complexity index is 131. The molecule has 0 radical (unpaired) electrons. The van der Waals surface area contributed by atoms with E-state index in [1.807, 2.05) is 13.8 Å². The fourth-order valence-electron chi connectivity index (χ4n) is 0.876. The zero-order chi connectivity index (χ0) is 9.23. The minimum atomic E-state index is 0.302. The van der Waals surface area contributed by atoms with E-state index >= 15 is 0 Å². The van der Waals surface area contributed by atoms with E-state index in [1.54, 1.807) is 0 Å². The quantitative estimate of drug-likeness (QED) is 0.586. The monoisotopic (exact) mass is 170 g/mol. The van der Waals surface area contributed by atoms with E-state index in [1.165, 1.54) is 0 Å². The Morgan fingerprint density at radius 3 is 2.92 bits per heavy atom. The van der Waals surface area contributed by atoms with Crippen LogP contribution in [0.2, 0.25) is 0 Å². The number of nitrogens with zero attached hydrogens (tertiary/aromatic N) is 1. The van der Waals surface area contributed by atoms with Gasteiger partial charge in [-0.25, -0.2) is 0 Å². The van der Waals surface area contributed by atoms with Crippen molar-refractivity contribution in [2.75, 3.05) is 19.8 Å². The molecule has 0 fully saturated rings. The van der Waals surface area contributed by atoms with E-state index in [0.717, 1.165) is 26.2 Å². The molecule has 0 spiro atoms. The molecule has 0 heterocycles. The molecule has 0 aliphatic heterocycles. The van der Waals surface area contributed by atoms with Gasteiger partial charge in [0.15, 0.2) is 0 Å². The average molecular weight is 170 g/mol. The first kappa shape index (κ1) is 11.4. The zero-order valence-corrected chi connectivity index (χ0v) is 7.97. The molecular formula is C9H18N2O. The van der Waals surface area contributed by atoms with Crippen LogP contribution in [-0.2, 0) is 4.74 Å². The summed E-state index contributed by atoms with van der Waals surface area (Å²) in [6.45, 7) is 6.54. The molecule has 1 atom stereocenters. The topological polar surface area (TPSA) is 45.0 Å². The third-order valence-electron chi connectivity index (χ3n) is 1.56. The van der Waals surface area contributed by atoms with Crippen LogP contribution in [-0.4, -0.2) is 25.8 Å². The largest absolute Gasteiger partial charge is 0.382 e. The summed E-state index contributed by atoms with van der Waals surface area (Å²) in [6, 6.07) is 2.43. The lowest BCUT2D eigenvalue weighted by molar-refractivity contribution is 0.144. The van der Waals surface area contributed by atoms with Crippen molar-refractivity contribution in [3.8, 4) is 6.07 Å². The maximum absolute atomic E-state index is 8.36. The SMILES string of the molecule is CCOCCCNC(C)CC#N. The molecule has 70 valence electrons. The number of nitrogens with one attached hydrogen (secondary N) is 1. The first-order valence-electron chi connectivity index (χ1n) is 4.49. The van der Waals surface area contributed by atoms with Gasteiger partial charge in [0.2, 0.25) is 0 Å². The molecule has 3 heteroatoms. The average Bonchev–Trinajstić information content (AvgIpc) is 2.05. The maximum atomic E-state index is 8.36. The summed E-state index contributed by atoms with van der Waals surface area (Å²) in [5.74, 6) is 0. The minimum absolute atomic E-state index is 0.302. The summed E-state index contributed by atoms with van der Waals surface area (Å²) in [4.78, 5) is 0. The Morgan fingerprint density at radius 2 is 2.33 bits per heavy atom. The Kier molecular flexibility index (Phi) is 8.09. The molecular weight excluding hydrogens is 152 g/mol. The number of hydrogen-bond donors (Lipinski definition) is 1. The van der Waals surface area contributed by atoms with Crippen LogP contribution in [0.5, 0.6) is 0 Å². The lowest BCUT2D eigenvalue weighted by atomic mass is 10.2. The van der Waals surface area contributed by atoms with Gasteiger partial charge in [-0.3, -0.25) is 0 Å². The van der Waals surface area contributed by atoms with Crippen LogP contribution in [0.25, 0.3) is 0 Å². The fraction of sp³-hybridized carbons (Fsp3) is 0.889. The van der Waals surface area contributed by atoms with Crippen LogP contribution < -0.4 is 5.32 Å². The molecule has 1 N–H and O–H groups in total.